The van der Waals surface area contributed by atoms with Gasteiger partial charge in [-0.1, -0.05) is 29.3 Å². The zero-order chi connectivity index (χ0) is 23.8. The van der Waals surface area contributed by atoms with Crippen molar-refractivity contribution in [2.45, 2.75) is 43.9 Å². The molecule has 12 heteroatoms. The quantitative estimate of drug-likeness (QED) is 0.400. The van der Waals surface area contributed by atoms with Crippen molar-refractivity contribution in [1.82, 2.24) is 19.5 Å². The van der Waals surface area contributed by atoms with E-state index in [1.807, 2.05) is 4.57 Å². The van der Waals surface area contributed by atoms with Crippen molar-refractivity contribution in [2.24, 2.45) is 11.7 Å². The molecule has 34 heavy (non-hydrogen) atoms. The Bertz CT molecular complexity index is 1190. The van der Waals surface area contributed by atoms with E-state index < -0.39 is 6.10 Å². The number of nitrogens with zero attached hydrogens (tertiary/aromatic N) is 4. The number of carbonyl (C=O) groups is 1. The van der Waals surface area contributed by atoms with Crippen LogP contribution in [0.2, 0.25) is 10.0 Å². The Labute approximate surface area is 205 Å². The number of hydrogen-bond acceptors (Lipinski definition) is 8. The fraction of sp³-hybridized carbons (Fsp3) is 0.455. The fourth-order valence-corrected chi connectivity index (χ4v) is 5.08. The SMILES string of the molecule is NC(=O)C1CCC(n2c(Nc3c(Cl)cccc3Cl)nc3cnc(N[C@H]4COC[C@H]4O)nc32)CC1. The normalized spacial score (nSPS) is 24.9. The highest BCUT2D eigenvalue weighted by molar-refractivity contribution is 6.39. The third-order valence-corrected chi connectivity index (χ3v) is 7.09. The van der Waals surface area contributed by atoms with Crippen LogP contribution in [-0.2, 0) is 9.53 Å². The Kier molecular flexibility index (Phi) is 6.48. The van der Waals surface area contributed by atoms with Crippen LogP contribution in [0.5, 0.6) is 0 Å². The standard InChI is InChI=1S/C22H25Cl2N7O3/c23-13-2-1-3-14(24)18(13)29-22-28-15-8-26-21(27-16-9-34-10-17(16)32)30-20(15)31(22)12-6-4-11(5-7-12)19(25)33/h1-3,8,11-12,16-17,32H,4-7,9-10H2,(H2,25,33)(H,28,29)(H,26,27,30)/t11?,12?,16-,17+/m0/s1. The third-order valence-electron chi connectivity index (χ3n) is 6.46. The molecular formula is C22H25Cl2N7O3. The second-order valence-corrected chi connectivity index (χ2v) is 9.51. The van der Waals surface area contributed by atoms with E-state index in [4.69, 9.17) is 43.6 Å². The van der Waals surface area contributed by atoms with Crippen molar-refractivity contribution in [3.05, 3.63) is 34.4 Å². The summed E-state index contributed by atoms with van der Waals surface area (Å²) in [6, 6.07) is 5.01. The van der Waals surface area contributed by atoms with E-state index in [2.05, 4.69) is 15.6 Å². The molecule has 1 aliphatic carbocycles. The van der Waals surface area contributed by atoms with Crippen molar-refractivity contribution >= 4 is 57.9 Å². The molecule has 2 fully saturated rings. The van der Waals surface area contributed by atoms with Crippen LogP contribution in [-0.4, -0.2) is 55.9 Å². The molecule has 180 valence electrons. The number of anilines is 3. The van der Waals surface area contributed by atoms with Crippen LogP contribution in [0, 0.1) is 5.92 Å². The molecule has 1 aliphatic heterocycles. The highest BCUT2D eigenvalue weighted by Crippen LogP contribution is 2.39. The fourth-order valence-electron chi connectivity index (χ4n) is 4.59. The predicted octanol–water partition coefficient (Wildman–Crippen LogP) is 3.26. The molecule has 0 spiro atoms. The number of imidazole rings is 1. The number of aromatic nitrogens is 4. The van der Waals surface area contributed by atoms with E-state index in [1.165, 1.54) is 0 Å². The maximum absolute atomic E-state index is 11.7. The van der Waals surface area contributed by atoms with E-state index in [0.29, 0.717) is 58.2 Å². The molecule has 0 bridgehead atoms. The summed E-state index contributed by atoms with van der Waals surface area (Å²) in [4.78, 5) is 25.5. The van der Waals surface area contributed by atoms with E-state index in [-0.39, 0.29) is 30.5 Å². The molecule has 5 rings (SSSR count). The van der Waals surface area contributed by atoms with Gasteiger partial charge < -0.3 is 26.2 Å². The van der Waals surface area contributed by atoms with Crippen molar-refractivity contribution in [1.29, 1.82) is 0 Å². The summed E-state index contributed by atoms with van der Waals surface area (Å²) in [7, 11) is 0. The molecule has 5 N–H and O–H groups in total. The Morgan fingerprint density at radius 2 is 1.88 bits per heavy atom. The number of benzene rings is 1. The molecule has 2 aromatic heterocycles. The van der Waals surface area contributed by atoms with Gasteiger partial charge in [0, 0.05) is 12.0 Å². The van der Waals surface area contributed by atoms with Gasteiger partial charge in [0.15, 0.2) is 5.65 Å². The van der Waals surface area contributed by atoms with Crippen molar-refractivity contribution in [3.8, 4) is 0 Å². The van der Waals surface area contributed by atoms with Gasteiger partial charge in [0.05, 0.1) is 47.3 Å². The molecule has 1 aromatic carbocycles. The van der Waals surface area contributed by atoms with Crippen molar-refractivity contribution in [3.63, 3.8) is 0 Å². The lowest BCUT2D eigenvalue weighted by molar-refractivity contribution is -0.122. The number of primary amides is 1. The number of fused-ring (bicyclic) bond motifs is 1. The number of aliphatic hydroxyl groups excluding tert-OH is 1. The minimum Gasteiger partial charge on any atom is -0.388 e. The summed E-state index contributed by atoms with van der Waals surface area (Å²) >= 11 is 12.8. The second-order valence-electron chi connectivity index (χ2n) is 8.69. The number of rotatable bonds is 6. The van der Waals surface area contributed by atoms with Crippen LogP contribution in [0.25, 0.3) is 11.2 Å². The average molecular weight is 506 g/mol. The van der Waals surface area contributed by atoms with Crippen LogP contribution in [0.4, 0.5) is 17.6 Å². The first kappa shape index (κ1) is 23.1. The van der Waals surface area contributed by atoms with E-state index in [0.717, 1.165) is 12.8 Å². The van der Waals surface area contributed by atoms with Crippen molar-refractivity contribution in [2.75, 3.05) is 23.8 Å². The monoisotopic (exact) mass is 505 g/mol. The lowest BCUT2D eigenvalue weighted by atomic mass is 9.85. The summed E-state index contributed by atoms with van der Waals surface area (Å²) in [5.74, 6) is 0.511. The summed E-state index contributed by atoms with van der Waals surface area (Å²) in [5, 5.41) is 17.4. The van der Waals surface area contributed by atoms with Crippen LogP contribution in [0.15, 0.2) is 24.4 Å². The van der Waals surface area contributed by atoms with Gasteiger partial charge in [-0.15, -0.1) is 0 Å². The summed E-state index contributed by atoms with van der Waals surface area (Å²) in [6.07, 6.45) is 3.87. The first-order valence-corrected chi connectivity index (χ1v) is 11.9. The largest absolute Gasteiger partial charge is 0.388 e. The maximum atomic E-state index is 11.7. The Hall–Kier alpha value is -2.66. The summed E-state index contributed by atoms with van der Waals surface area (Å²) in [6.45, 7) is 0.643. The van der Waals surface area contributed by atoms with Crippen molar-refractivity contribution < 1.29 is 14.6 Å². The molecular weight excluding hydrogens is 481 g/mol. The first-order chi connectivity index (χ1) is 16.4. The van der Waals surface area contributed by atoms with Gasteiger partial charge in [0.1, 0.15) is 5.52 Å². The lowest BCUT2D eigenvalue weighted by Gasteiger charge is -2.29. The Morgan fingerprint density at radius 1 is 1.15 bits per heavy atom. The summed E-state index contributed by atoms with van der Waals surface area (Å²) in [5.41, 5.74) is 7.30. The molecule has 1 saturated heterocycles. The number of carbonyl (C=O) groups excluding carboxylic acids is 1. The molecule has 0 unspecified atom stereocenters. The van der Waals surface area contributed by atoms with Gasteiger partial charge in [0.2, 0.25) is 17.8 Å². The number of halogens is 2. The number of aliphatic hydroxyl groups is 1. The molecule has 10 nitrogen and oxygen atoms in total. The highest BCUT2D eigenvalue weighted by atomic mass is 35.5. The molecule has 3 heterocycles. The Morgan fingerprint density at radius 3 is 2.53 bits per heavy atom. The average Bonchev–Trinajstić information content (AvgIpc) is 3.39. The van der Waals surface area contributed by atoms with Gasteiger partial charge in [-0.2, -0.15) is 4.98 Å². The molecule has 0 radical (unpaired) electrons. The molecule has 2 atom stereocenters. The zero-order valence-corrected chi connectivity index (χ0v) is 19.8. The maximum Gasteiger partial charge on any atom is 0.225 e. The zero-order valence-electron chi connectivity index (χ0n) is 18.2. The number of ether oxygens (including phenoxy) is 1. The smallest absolute Gasteiger partial charge is 0.225 e. The van der Waals surface area contributed by atoms with Gasteiger partial charge >= 0.3 is 0 Å². The predicted molar refractivity (Wildman–Crippen MR) is 129 cm³/mol. The van der Waals surface area contributed by atoms with Gasteiger partial charge in [-0.25, -0.2) is 9.97 Å². The third kappa shape index (κ3) is 4.50. The number of amides is 1. The van der Waals surface area contributed by atoms with Gasteiger partial charge in [-0.05, 0) is 37.8 Å². The number of nitrogens with one attached hydrogen (secondary N) is 2. The summed E-state index contributed by atoms with van der Waals surface area (Å²) < 4.78 is 7.33. The van der Waals surface area contributed by atoms with Gasteiger partial charge in [-0.3, -0.25) is 9.36 Å². The highest BCUT2D eigenvalue weighted by Gasteiger charge is 2.30. The van der Waals surface area contributed by atoms with Crippen LogP contribution in [0.3, 0.4) is 0 Å². The van der Waals surface area contributed by atoms with Crippen LogP contribution >= 0.6 is 23.2 Å². The number of hydrogen-bond donors (Lipinski definition) is 4. The van der Waals surface area contributed by atoms with E-state index >= 15 is 0 Å². The molecule has 1 amide bonds. The van der Waals surface area contributed by atoms with E-state index in [9.17, 15) is 9.90 Å². The molecule has 1 saturated carbocycles. The second kappa shape index (κ2) is 9.53. The topological polar surface area (TPSA) is 140 Å². The number of para-hydroxylation sites is 1. The lowest BCUT2D eigenvalue weighted by Crippen LogP contribution is -2.32. The number of nitrogens with two attached hydrogens (primary N) is 1. The van der Waals surface area contributed by atoms with Crippen LogP contribution < -0.4 is 16.4 Å². The molecule has 3 aromatic rings. The first-order valence-electron chi connectivity index (χ1n) is 11.2. The molecule has 2 aliphatic rings. The minimum absolute atomic E-state index is 0.0347. The van der Waals surface area contributed by atoms with E-state index in [1.54, 1.807) is 24.4 Å². The van der Waals surface area contributed by atoms with Crippen LogP contribution in [0.1, 0.15) is 31.7 Å². The van der Waals surface area contributed by atoms with Gasteiger partial charge in [0.25, 0.3) is 0 Å². The minimum atomic E-state index is -0.632. The Balaban J connectivity index is 1.53.